The fourth-order valence-electron chi connectivity index (χ4n) is 3.33. The molecule has 0 aromatic heterocycles. The van der Waals surface area contributed by atoms with Crippen molar-refractivity contribution in [2.75, 3.05) is 18.2 Å². The van der Waals surface area contributed by atoms with Crippen molar-refractivity contribution in [1.82, 2.24) is 4.90 Å². The van der Waals surface area contributed by atoms with Crippen molar-refractivity contribution in [3.05, 3.63) is 54.1 Å². The Morgan fingerprint density at radius 1 is 1.23 bits per heavy atom. The highest BCUT2D eigenvalue weighted by Gasteiger charge is 2.42. The quantitative estimate of drug-likeness (QED) is 0.797. The molecule has 1 unspecified atom stereocenters. The van der Waals surface area contributed by atoms with Crippen LogP contribution in [0.2, 0.25) is 0 Å². The third kappa shape index (κ3) is 3.82. The predicted octanol–water partition coefficient (Wildman–Crippen LogP) is 3.68. The van der Waals surface area contributed by atoms with Crippen LogP contribution in [0, 0.1) is 5.92 Å². The van der Waals surface area contributed by atoms with Gasteiger partial charge in [-0.1, -0.05) is 43.8 Å². The first kappa shape index (κ1) is 20.2. The number of amides is 2. The van der Waals surface area contributed by atoms with E-state index in [0.29, 0.717) is 22.4 Å². The van der Waals surface area contributed by atoms with Crippen molar-refractivity contribution in [3.63, 3.8) is 0 Å². The average Bonchev–Trinajstić information content (AvgIpc) is 3.10. The second-order valence-corrected chi connectivity index (χ2v) is 8.24. The van der Waals surface area contributed by atoms with Gasteiger partial charge in [-0.2, -0.15) is 0 Å². The Morgan fingerprint density at radius 2 is 2.03 bits per heavy atom. The molecule has 154 valence electrons. The van der Waals surface area contributed by atoms with Gasteiger partial charge < -0.3 is 10.1 Å². The van der Waals surface area contributed by atoms with Crippen LogP contribution in [0.4, 0.5) is 11.4 Å². The minimum atomic E-state index is -0.442. The number of methoxy groups -OCH3 is 1. The number of amidine groups is 2. The van der Waals surface area contributed by atoms with Crippen LogP contribution < -0.4 is 10.1 Å². The van der Waals surface area contributed by atoms with Gasteiger partial charge >= 0.3 is 0 Å². The topological polar surface area (TPSA) is 83.4 Å². The lowest BCUT2D eigenvalue weighted by molar-refractivity contribution is -0.125. The maximum absolute atomic E-state index is 13.0. The second kappa shape index (κ2) is 8.31. The second-order valence-electron chi connectivity index (χ2n) is 7.30. The average molecular weight is 423 g/mol. The number of fused-ring (bicyclic) bond motifs is 3. The third-order valence-electron chi connectivity index (χ3n) is 4.82. The number of ether oxygens (including phenoxy) is 1. The number of para-hydroxylation sites is 1. The number of thioether (sulfide) groups is 1. The van der Waals surface area contributed by atoms with E-state index >= 15 is 0 Å². The van der Waals surface area contributed by atoms with Gasteiger partial charge in [0.2, 0.25) is 5.91 Å². The summed E-state index contributed by atoms with van der Waals surface area (Å²) < 4.78 is 5.18. The zero-order valence-electron chi connectivity index (χ0n) is 17.0. The molecule has 2 heterocycles. The molecule has 1 N–H and O–H groups in total. The summed E-state index contributed by atoms with van der Waals surface area (Å²) in [6.45, 7) is 3.95. The summed E-state index contributed by atoms with van der Waals surface area (Å²) in [4.78, 5) is 36.4. The van der Waals surface area contributed by atoms with Crippen LogP contribution in [0.1, 0.15) is 19.4 Å². The van der Waals surface area contributed by atoms with Crippen LogP contribution in [-0.4, -0.2) is 46.6 Å². The molecule has 2 aliphatic heterocycles. The van der Waals surface area contributed by atoms with Crippen molar-refractivity contribution in [2.24, 2.45) is 15.9 Å². The summed E-state index contributed by atoms with van der Waals surface area (Å²) >= 11 is 1.22. The lowest BCUT2D eigenvalue weighted by atomic mass is 10.1. The number of hydrogen-bond donors (Lipinski definition) is 1. The molecule has 0 saturated carbocycles. The molecule has 30 heavy (non-hydrogen) atoms. The molecule has 2 aromatic carbocycles. The maximum atomic E-state index is 13.0. The first-order chi connectivity index (χ1) is 14.5. The number of hydrogen-bond acceptors (Lipinski definition) is 6. The van der Waals surface area contributed by atoms with E-state index in [2.05, 4.69) is 15.3 Å². The normalized spacial score (nSPS) is 17.3. The molecule has 0 bridgehead atoms. The number of carbonyl (C=O) groups is 2. The Kier molecular flexibility index (Phi) is 5.59. The molecule has 2 aliphatic rings. The Bertz CT molecular complexity index is 1060. The Labute approximate surface area is 179 Å². The van der Waals surface area contributed by atoms with Crippen molar-refractivity contribution >= 4 is 46.0 Å². The van der Waals surface area contributed by atoms with E-state index < -0.39 is 6.04 Å². The molecular formula is C22H22N4O3S. The Balaban J connectivity index is 1.53. The molecule has 4 rings (SSSR count). The van der Waals surface area contributed by atoms with Crippen LogP contribution in [-0.2, 0) is 9.59 Å². The van der Waals surface area contributed by atoms with Crippen LogP contribution in [0.25, 0.3) is 0 Å². The lowest BCUT2D eigenvalue weighted by Gasteiger charge is -2.25. The molecule has 0 radical (unpaired) electrons. The first-order valence-electron chi connectivity index (χ1n) is 9.64. The Hall–Kier alpha value is -3.13. The van der Waals surface area contributed by atoms with Gasteiger partial charge in [-0.3, -0.25) is 14.6 Å². The van der Waals surface area contributed by atoms with Crippen molar-refractivity contribution < 1.29 is 14.3 Å². The third-order valence-corrected chi connectivity index (χ3v) is 5.75. The van der Waals surface area contributed by atoms with Crippen molar-refractivity contribution in [1.29, 1.82) is 0 Å². The van der Waals surface area contributed by atoms with Crippen LogP contribution in [0.3, 0.4) is 0 Å². The van der Waals surface area contributed by atoms with Gasteiger partial charge in [0.15, 0.2) is 5.17 Å². The summed E-state index contributed by atoms with van der Waals surface area (Å²) in [7, 11) is 1.58. The summed E-state index contributed by atoms with van der Waals surface area (Å²) in [5.74, 6) is 1.17. The van der Waals surface area contributed by atoms with Crippen LogP contribution in [0.15, 0.2) is 58.5 Å². The SMILES string of the molecule is COc1cccc(NC(=O)CSC2=Nc3ccccc3C3=NC(C(C)C)C(=O)N23)c1. The zero-order chi connectivity index (χ0) is 21.3. The largest absolute Gasteiger partial charge is 0.497 e. The molecule has 2 amide bonds. The number of carbonyl (C=O) groups excluding carboxylic acids is 2. The van der Waals surface area contributed by atoms with Gasteiger partial charge in [-0.25, -0.2) is 9.89 Å². The number of benzene rings is 2. The predicted molar refractivity (Wildman–Crippen MR) is 120 cm³/mol. The standard InChI is InChI=1S/C22H22N4O3S/c1-13(2)19-21(28)26-20(25-19)16-9-4-5-10-17(16)24-22(26)30-12-18(27)23-14-7-6-8-15(11-14)29-3/h4-11,13,19H,12H2,1-3H3,(H,23,27). The van der Waals surface area contributed by atoms with Gasteiger partial charge in [0, 0.05) is 17.3 Å². The number of anilines is 1. The fourth-order valence-corrected chi connectivity index (χ4v) is 4.13. The van der Waals surface area contributed by atoms with Gasteiger partial charge in [0.1, 0.15) is 17.6 Å². The number of rotatable bonds is 5. The number of nitrogens with zero attached hydrogens (tertiary/aromatic N) is 3. The van der Waals surface area contributed by atoms with E-state index in [1.54, 1.807) is 30.2 Å². The molecule has 0 saturated heterocycles. The van der Waals surface area contributed by atoms with Crippen LogP contribution in [0.5, 0.6) is 5.75 Å². The Morgan fingerprint density at radius 3 is 2.80 bits per heavy atom. The van der Waals surface area contributed by atoms with E-state index in [4.69, 9.17) is 4.74 Å². The zero-order valence-corrected chi connectivity index (χ0v) is 17.8. The van der Waals surface area contributed by atoms with Gasteiger partial charge in [0.25, 0.3) is 5.91 Å². The summed E-state index contributed by atoms with van der Waals surface area (Å²) in [6, 6.07) is 14.3. The van der Waals surface area contributed by atoms with E-state index in [0.717, 1.165) is 11.3 Å². The molecule has 2 aromatic rings. The number of nitrogens with one attached hydrogen (secondary N) is 1. The monoisotopic (exact) mass is 422 g/mol. The van der Waals surface area contributed by atoms with Crippen molar-refractivity contribution in [3.8, 4) is 5.75 Å². The lowest BCUT2D eigenvalue weighted by Crippen LogP contribution is -2.42. The van der Waals surface area contributed by atoms with Crippen LogP contribution >= 0.6 is 11.8 Å². The smallest absolute Gasteiger partial charge is 0.259 e. The maximum Gasteiger partial charge on any atom is 0.259 e. The molecule has 0 spiro atoms. The molecule has 0 aliphatic carbocycles. The highest BCUT2D eigenvalue weighted by molar-refractivity contribution is 8.14. The molecule has 0 fully saturated rings. The minimum absolute atomic E-state index is 0.0744. The minimum Gasteiger partial charge on any atom is -0.497 e. The summed E-state index contributed by atoms with van der Waals surface area (Å²) in [5.41, 5.74) is 2.23. The molecule has 1 atom stereocenters. The highest BCUT2D eigenvalue weighted by atomic mass is 32.2. The molecule has 7 nitrogen and oxygen atoms in total. The molecular weight excluding hydrogens is 400 g/mol. The van der Waals surface area contributed by atoms with Crippen molar-refractivity contribution in [2.45, 2.75) is 19.9 Å². The first-order valence-corrected chi connectivity index (χ1v) is 10.6. The number of aliphatic imine (C=N–C) groups is 2. The fraction of sp³-hybridized carbons (Fsp3) is 0.273. The van der Waals surface area contributed by atoms with E-state index in [9.17, 15) is 9.59 Å². The van der Waals surface area contributed by atoms with Gasteiger partial charge in [0.05, 0.1) is 18.6 Å². The highest BCUT2D eigenvalue weighted by Crippen LogP contribution is 2.34. The summed E-state index contributed by atoms with van der Waals surface area (Å²) in [6.07, 6.45) is 0. The van der Waals surface area contributed by atoms with E-state index in [1.165, 1.54) is 11.8 Å². The molecule has 8 heteroatoms. The van der Waals surface area contributed by atoms with E-state index in [1.807, 2.05) is 44.2 Å². The van der Waals surface area contributed by atoms with E-state index in [-0.39, 0.29) is 23.5 Å². The van der Waals surface area contributed by atoms with Gasteiger partial charge in [-0.05, 0) is 30.2 Å². The summed E-state index contributed by atoms with van der Waals surface area (Å²) in [5, 5.41) is 3.32. The van der Waals surface area contributed by atoms with Gasteiger partial charge in [-0.15, -0.1) is 0 Å².